The second-order valence-corrected chi connectivity index (χ2v) is 7.45. The van der Waals surface area contributed by atoms with Crippen LogP contribution in [0.25, 0.3) is 0 Å². The Hall–Kier alpha value is -1.12. The summed E-state index contributed by atoms with van der Waals surface area (Å²) in [4.78, 5) is 24.8. The highest BCUT2D eigenvalue weighted by Crippen LogP contribution is 2.35. The van der Waals surface area contributed by atoms with Gasteiger partial charge in [-0.2, -0.15) is 0 Å². The van der Waals surface area contributed by atoms with Gasteiger partial charge in [0.1, 0.15) is 0 Å². The molecule has 1 saturated carbocycles. The lowest BCUT2D eigenvalue weighted by Gasteiger charge is -2.30. The fourth-order valence-corrected chi connectivity index (χ4v) is 2.89. The van der Waals surface area contributed by atoms with Crippen LogP contribution >= 0.6 is 0 Å². The molecule has 21 heavy (non-hydrogen) atoms. The van der Waals surface area contributed by atoms with Gasteiger partial charge in [-0.1, -0.05) is 47.5 Å². The van der Waals surface area contributed by atoms with Crippen LogP contribution in [0.1, 0.15) is 73.1 Å². The van der Waals surface area contributed by atoms with E-state index in [0.717, 1.165) is 25.1 Å². The van der Waals surface area contributed by atoms with Gasteiger partial charge in [-0.25, -0.2) is 0 Å². The summed E-state index contributed by atoms with van der Waals surface area (Å²) in [5.41, 5.74) is 1.15. The maximum Gasteiger partial charge on any atom is 0.168 e. The highest BCUT2D eigenvalue weighted by molar-refractivity contribution is 6.22. The monoisotopic (exact) mass is 293 g/mol. The maximum absolute atomic E-state index is 12.4. The third-order valence-electron chi connectivity index (χ3n) is 3.87. The second-order valence-electron chi connectivity index (χ2n) is 7.45. The van der Waals surface area contributed by atoms with Crippen LogP contribution in [0.3, 0.4) is 0 Å². The van der Waals surface area contributed by atoms with Gasteiger partial charge in [-0.15, -0.1) is 0 Å². The number of hydrogen-bond acceptors (Lipinski definition) is 3. The van der Waals surface area contributed by atoms with E-state index in [-0.39, 0.29) is 17.0 Å². The topological polar surface area (TPSA) is 46.2 Å². The number of Topliss-reactive ketones (excluding diaryl/α,β-unsaturated/α-hetero) is 2. The van der Waals surface area contributed by atoms with Crippen molar-refractivity contribution in [3.63, 3.8) is 0 Å². The third kappa shape index (κ3) is 5.64. The Balaban J connectivity index is 2.92. The fourth-order valence-electron chi connectivity index (χ4n) is 2.89. The first-order valence-electron chi connectivity index (χ1n) is 8.30. The maximum atomic E-state index is 12.4. The molecule has 0 saturated heterocycles. The van der Waals surface area contributed by atoms with Gasteiger partial charge >= 0.3 is 0 Å². The smallest absolute Gasteiger partial charge is 0.168 e. The molecule has 0 aromatic heterocycles. The highest BCUT2D eigenvalue weighted by Gasteiger charge is 2.37. The first kappa shape index (κ1) is 17.9. The average Bonchev–Trinajstić information content (AvgIpc) is 2.31. The minimum Gasteiger partial charge on any atom is -0.388 e. The van der Waals surface area contributed by atoms with Crippen molar-refractivity contribution in [3.8, 4) is 0 Å². The van der Waals surface area contributed by atoms with E-state index in [1.54, 1.807) is 0 Å². The Labute approximate surface area is 129 Å². The molecule has 0 atom stereocenters. The predicted molar refractivity (Wildman–Crippen MR) is 87.0 cm³/mol. The molecule has 120 valence electrons. The predicted octanol–water partition coefficient (Wildman–Crippen LogP) is 4.02. The Kier molecular flexibility index (Phi) is 6.63. The molecule has 1 aliphatic carbocycles. The van der Waals surface area contributed by atoms with Crippen LogP contribution < -0.4 is 5.32 Å². The minimum absolute atomic E-state index is 0.0230. The van der Waals surface area contributed by atoms with Crippen LogP contribution in [0.2, 0.25) is 0 Å². The molecule has 0 heterocycles. The number of ketones is 2. The molecule has 1 N–H and O–H groups in total. The minimum atomic E-state index is -0.192. The first-order chi connectivity index (χ1) is 9.76. The summed E-state index contributed by atoms with van der Waals surface area (Å²) in [5, 5.41) is 3.38. The van der Waals surface area contributed by atoms with Crippen molar-refractivity contribution in [3.05, 3.63) is 11.3 Å². The number of nitrogens with one attached hydrogen (secondary N) is 1. The van der Waals surface area contributed by atoms with Crippen molar-refractivity contribution >= 4 is 11.6 Å². The summed E-state index contributed by atoms with van der Waals surface area (Å²) < 4.78 is 0. The van der Waals surface area contributed by atoms with Crippen molar-refractivity contribution in [1.82, 2.24) is 5.32 Å². The number of carbonyl (C=O) groups excluding carboxylic acids is 2. The van der Waals surface area contributed by atoms with Crippen LogP contribution in [-0.4, -0.2) is 18.1 Å². The average molecular weight is 293 g/mol. The van der Waals surface area contributed by atoms with Crippen LogP contribution in [0.4, 0.5) is 0 Å². The van der Waals surface area contributed by atoms with Gasteiger partial charge < -0.3 is 5.32 Å². The Morgan fingerprint density at radius 3 is 2.19 bits per heavy atom. The quantitative estimate of drug-likeness (QED) is 0.438. The van der Waals surface area contributed by atoms with Crippen LogP contribution in [0.15, 0.2) is 11.3 Å². The second kappa shape index (κ2) is 7.77. The zero-order valence-electron chi connectivity index (χ0n) is 14.3. The van der Waals surface area contributed by atoms with Crippen molar-refractivity contribution in [2.45, 2.75) is 73.1 Å². The third-order valence-corrected chi connectivity index (χ3v) is 3.87. The van der Waals surface area contributed by atoms with Gasteiger partial charge in [0.2, 0.25) is 0 Å². The van der Waals surface area contributed by atoms with E-state index < -0.39 is 0 Å². The molecule has 3 nitrogen and oxygen atoms in total. The number of hydrogen-bond donors (Lipinski definition) is 1. The first-order valence-corrected chi connectivity index (χ1v) is 8.30. The largest absolute Gasteiger partial charge is 0.388 e. The van der Waals surface area contributed by atoms with E-state index in [2.05, 4.69) is 26.1 Å². The summed E-state index contributed by atoms with van der Waals surface area (Å²) in [6, 6.07) is 0. The van der Waals surface area contributed by atoms with E-state index in [9.17, 15) is 9.59 Å². The lowest BCUT2D eigenvalue weighted by molar-refractivity contribution is -0.127. The zero-order chi connectivity index (χ0) is 16.0. The summed E-state index contributed by atoms with van der Waals surface area (Å²) in [7, 11) is 0. The van der Waals surface area contributed by atoms with Crippen molar-refractivity contribution in [2.24, 2.45) is 11.3 Å². The van der Waals surface area contributed by atoms with Crippen molar-refractivity contribution in [1.29, 1.82) is 0 Å². The van der Waals surface area contributed by atoms with Gasteiger partial charge in [0.05, 0.1) is 5.57 Å². The number of unbranched alkanes of at least 4 members (excludes halogenated alkanes) is 2. The summed E-state index contributed by atoms with van der Waals surface area (Å²) >= 11 is 0. The Bertz CT molecular complexity index is 397. The Morgan fingerprint density at radius 1 is 1.14 bits per heavy atom. The van der Waals surface area contributed by atoms with E-state index in [1.807, 2.05) is 13.8 Å². The molecular formula is C18H31NO2. The summed E-state index contributed by atoms with van der Waals surface area (Å²) in [6.45, 7) is 11.3. The summed E-state index contributed by atoms with van der Waals surface area (Å²) in [5.74, 6) is 0.478. The van der Waals surface area contributed by atoms with Gasteiger partial charge in [-0.05, 0) is 24.2 Å². The molecule has 0 aromatic carbocycles. The molecule has 1 rings (SSSR count). The molecule has 3 heteroatoms. The molecule has 0 spiro atoms. The van der Waals surface area contributed by atoms with E-state index in [0.29, 0.717) is 24.3 Å². The molecular weight excluding hydrogens is 262 g/mol. The van der Waals surface area contributed by atoms with E-state index in [4.69, 9.17) is 0 Å². The normalized spacial score (nSPS) is 18.3. The van der Waals surface area contributed by atoms with Gasteiger partial charge in [0, 0.05) is 25.1 Å². The molecule has 0 radical (unpaired) electrons. The van der Waals surface area contributed by atoms with E-state index >= 15 is 0 Å². The Morgan fingerprint density at radius 2 is 1.71 bits per heavy atom. The van der Waals surface area contributed by atoms with Crippen LogP contribution in [0, 0.1) is 11.3 Å². The molecule has 0 bridgehead atoms. The fraction of sp³-hybridized carbons (Fsp3) is 0.778. The van der Waals surface area contributed by atoms with Gasteiger partial charge in [0.15, 0.2) is 11.6 Å². The number of rotatable bonds is 7. The SMILES string of the molecule is CCCCCNC(CC(C)C)=C1C(=O)CC(C)(C)CC1=O. The number of allylic oxidation sites excluding steroid dienone is 2. The van der Waals surface area contributed by atoms with Crippen molar-refractivity contribution in [2.75, 3.05) is 6.54 Å². The zero-order valence-corrected chi connectivity index (χ0v) is 14.3. The number of carbonyl (C=O) groups is 2. The van der Waals surface area contributed by atoms with E-state index in [1.165, 1.54) is 12.8 Å². The summed E-state index contributed by atoms with van der Waals surface area (Å²) in [6.07, 6.45) is 5.16. The van der Waals surface area contributed by atoms with Gasteiger partial charge in [-0.3, -0.25) is 9.59 Å². The van der Waals surface area contributed by atoms with Crippen molar-refractivity contribution < 1.29 is 9.59 Å². The van der Waals surface area contributed by atoms with Crippen LogP contribution in [0.5, 0.6) is 0 Å². The molecule has 0 aliphatic heterocycles. The van der Waals surface area contributed by atoms with Gasteiger partial charge in [0.25, 0.3) is 0 Å². The molecule has 1 aliphatic rings. The van der Waals surface area contributed by atoms with Crippen LogP contribution in [-0.2, 0) is 9.59 Å². The molecule has 0 aromatic rings. The molecule has 0 unspecified atom stereocenters. The molecule has 0 amide bonds. The molecule has 1 fully saturated rings. The highest BCUT2D eigenvalue weighted by atomic mass is 16.2. The standard InChI is InChI=1S/C18H31NO2/c1-6-7-8-9-19-14(10-13(2)3)17-15(20)11-18(4,5)12-16(17)21/h13,19H,6-12H2,1-5H3. The lowest BCUT2D eigenvalue weighted by Crippen LogP contribution is -2.34. The lowest BCUT2D eigenvalue weighted by atomic mass is 9.73.